The van der Waals surface area contributed by atoms with E-state index >= 15 is 0 Å². The van der Waals surface area contributed by atoms with Gasteiger partial charge in [0.25, 0.3) is 11.8 Å². The van der Waals surface area contributed by atoms with E-state index in [1.165, 1.54) is 18.0 Å². The molecule has 1 unspecified atom stereocenters. The number of nitrogens with zero attached hydrogens (tertiary/aromatic N) is 3. The second kappa shape index (κ2) is 18.2. The van der Waals surface area contributed by atoms with Gasteiger partial charge in [0.2, 0.25) is 0 Å². The van der Waals surface area contributed by atoms with Gasteiger partial charge in [0.1, 0.15) is 17.2 Å². The standard InChI is InChI=1S/C29H40Cl2N8O2.C5H12/c1-19(17-22(31)10-14-30)25-27(41)39(29(36-25)12-15-34-16-13-29)23(9-11-28(2,3)4)20-5-7-21(8-6-20)26(40)35-18-24(32)37-38-33;1-4-5(2)3/h5-8,10,14,17,23,34,38H,1,9,11-13,15-16,18,33H2,2-4H3,(H2,32,37)(H,35,40);5H,4H2,1-3H3/b14-10+,22-17+;. The summed E-state index contributed by atoms with van der Waals surface area (Å²) in [6.45, 7) is 18.8. The lowest BCUT2D eigenvalue weighted by Gasteiger charge is -2.44. The predicted octanol–water partition coefficient (Wildman–Crippen LogP) is 5.87. The normalized spacial score (nSPS) is 17.6. The van der Waals surface area contributed by atoms with Crippen LogP contribution < -0.4 is 27.7 Å². The van der Waals surface area contributed by atoms with Crippen molar-refractivity contribution in [2.24, 2.45) is 33.0 Å². The molecule has 3 rings (SSSR count). The first kappa shape index (κ1) is 39.0. The molecule has 2 aliphatic heterocycles. The Labute approximate surface area is 284 Å². The smallest absolute Gasteiger partial charge is 0.275 e. The Balaban J connectivity index is 0.00000136. The number of carbonyl (C=O) groups is 2. The Morgan fingerprint density at radius 2 is 1.85 bits per heavy atom. The summed E-state index contributed by atoms with van der Waals surface area (Å²) in [5.41, 5.74) is 10.5. The van der Waals surface area contributed by atoms with Crippen LogP contribution in [0.15, 0.2) is 69.2 Å². The summed E-state index contributed by atoms with van der Waals surface area (Å²) in [5.74, 6) is 5.67. The van der Waals surface area contributed by atoms with Crippen molar-refractivity contribution in [2.75, 3.05) is 19.6 Å². The van der Waals surface area contributed by atoms with Gasteiger partial charge in [-0.05, 0) is 72.7 Å². The number of aliphatic imine (C=N–C) groups is 1. The SMILES string of the molecule is C=C(/C=C(Cl)\C=C\Cl)C1=NC2(CCNCC2)N(C(CCC(C)(C)C)c2ccc(C(=O)NC/C(N)=N/NN)cc2)C1=O.CCC(C)C. The number of amidine groups is 1. The molecule has 1 aromatic carbocycles. The Bertz CT molecular complexity index is 1310. The molecule has 0 saturated carbocycles. The number of halogens is 2. The van der Waals surface area contributed by atoms with Gasteiger partial charge in [0.05, 0.1) is 12.6 Å². The first-order valence-electron chi connectivity index (χ1n) is 15.8. The minimum Gasteiger partial charge on any atom is -0.384 e. The number of nitrogens with two attached hydrogens (primary N) is 2. The lowest BCUT2D eigenvalue weighted by molar-refractivity contribution is -0.132. The minimum atomic E-state index is -0.713. The summed E-state index contributed by atoms with van der Waals surface area (Å²) in [6, 6.07) is 7.03. The molecule has 7 N–H and O–H groups in total. The lowest BCUT2D eigenvalue weighted by Crippen LogP contribution is -2.54. The van der Waals surface area contributed by atoms with Crippen LogP contribution in [-0.2, 0) is 4.79 Å². The summed E-state index contributed by atoms with van der Waals surface area (Å²) in [7, 11) is 0. The van der Waals surface area contributed by atoms with Crippen molar-refractivity contribution in [2.45, 2.75) is 85.4 Å². The number of allylic oxidation sites excluding steroid dienone is 3. The molecule has 12 heteroatoms. The van der Waals surface area contributed by atoms with E-state index in [2.05, 4.69) is 69.4 Å². The second-order valence-electron chi connectivity index (χ2n) is 13.2. The van der Waals surface area contributed by atoms with E-state index in [1.807, 2.05) is 17.0 Å². The fraction of sp³-hybridized carbons (Fsp3) is 0.529. The first-order chi connectivity index (χ1) is 21.7. The minimum absolute atomic E-state index is 0.0411. The molecule has 1 atom stereocenters. The van der Waals surface area contributed by atoms with Gasteiger partial charge in [-0.25, -0.2) is 11.4 Å². The van der Waals surface area contributed by atoms with Crippen molar-refractivity contribution < 1.29 is 9.59 Å². The topological polar surface area (TPSA) is 150 Å². The maximum absolute atomic E-state index is 14.2. The van der Waals surface area contributed by atoms with Gasteiger partial charge in [-0.2, -0.15) is 5.10 Å². The van der Waals surface area contributed by atoms with Crippen molar-refractivity contribution in [3.8, 4) is 0 Å². The summed E-state index contributed by atoms with van der Waals surface area (Å²) < 4.78 is 0. The molecule has 2 aliphatic rings. The van der Waals surface area contributed by atoms with Crippen LogP contribution in [0.4, 0.5) is 0 Å². The first-order valence-corrected chi connectivity index (χ1v) is 16.6. The molecule has 1 spiro atoms. The van der Waals surface area contributed by atoms with Crippen LogP contribution in [-0.4, -0.2) is 53.6 Å². The largest absolute Gasteiger partial charge is 0.384 e. The molecule has 0 aromatic heterocycles. The average Bonchev–Trinajstić information content (AvgIpc) is 3.27. The van der Waals surface area contributed by atoms with Crippen molar-refractivity contribution >= 4 is 46.6 Å². The van der Waals surface area contributed by atoms with Crippen molar-refractivity contribution in [1.29, 1.82) is 0 Å². The number of hydrazine groups is 1. The number of hydrogen-bond donors (Lipinski definition) is 5. The summed E-state index contributed by atoms with van der Waals surface area (Å²) in [5, 5.41) is 10.1. The van der Waals surface area contributed by atoms with Gasteiger partial charge < -0.3 is 21.3 Å². The third-order valence-corrected chi connectivity index (χ3v) is 8.29. The van der Waals surface area contributed by atoms with Gasteiger partial charge in [0, 0.05) is 29.0 Å². The number of carbonyl (C=O) groups excluding carboxylic acids is 2. The predicted molar refractivity (Wildman–Crippen MR) is 191 cm³/mol. The Morgan fingerprint density at radius 1 is 1.24 bits per heavy atom. The lowest BCUT2D eigenvalue weighted by atomic mass is 9.85. The molecule has 254 valence electrons. The Kier molecular flexibility index (Phi) is 15.5. The van der Waals surface area contributed by atoms with E-state index in [9.17, 15) is 9.59 Å². The fourth-order valence-electron chi connectivity index (χ4n) is 5.04. The quantitative estimate of drug-likeness (QED) is 0.0616. The van der Waals surface area contributed by atoms with Crippen LogP contribution in [0.3, 0.4) is 0 Å². The number of piperidine rings is 1. The van der Waals surface area contributed by atoms with E-state index in [-0.39, 0.29) is 35.7 Å². The summed E-state index contributed by atoms with van der Waals surface area (Å²) in [4.78, 5) is 33.8. The third kappa shape index (κ3) is 11.6. The molecule has 46 heavy (non-hydrogen) atoms. The molecule has 1 aromatic rings. The van der Waals surface area contributed by atoms with E-state index in [0.717, 1.165) is 37.4 Å². The number of amides is 2. The van der Waals surface area contributed by atoms with Gasteiger partial charge in [-0.3, -0.25) is 14.6 Å². The number of hydrogen-bond acceptors (Lipinski definition) is 7. The zero-order chi connectivity index (χ0) is 34.5. The van der Waals surface area contributed by atoms with E-state index < -0.39 is 5.66 Å². The molecular formula is C34H52Cl2N8O2. The monoisotopic (exact) mass is 674 g/mol. The summed E-state index contributed by atoms with van der Waals surface area (Å²) >= 11 is 11.9. The number of rotatable bonds is 12. The number of nitrogens with one attached hydrogen (secondary N) is 3. The molecular weight excluding hydrogens is 623 g/mol. The van der Waals surface area contributed by atoms with Crippen LogP contribution in [0.25, 0.3) is 0 Å². The molecule has 1 saturated heterocycles. The third-order valence-electron chi connectivity index (χ3n) is 7.92. The molecule has 0 radical (unpaired) electrons. The average molecular weight is 676 g/mol. The zero-order valence-electron chi connectivity index (χ0n) is 28.1. The van der Waals surface area contributed by atoms with Gasteiger partial charge in [0.15, 0.2) is 0 Å². The van der Waals surface area contributed by atoms with Crippen molar-refractivity contribution in [3.63, 3.8) is 0 Å². The van der Waals surface area contributed by atoms with Crippen LogP contribution >= 0.6 is 23.2 Å². The van der Waals surface area contributed by atoms with Crippen molar-refractivity contribution in [3.05, 3.63) is 70.3 Å². The molecule has 10 nitrogen and oxygen atoms in total. The molecule has 0 bridgehead atoms. The maximum atomic E-state index is 14.2. The second-order valence-corrected chi connectivity index (χ2v) is 13.9. The number of hydrazone groups is 1. The van der Waals surface area contributed by atoms with Crippen LogP contribution in [0.5, 0.6) is 0 Å². The molecule has 2 heterocycles. The molecule has 0 aliphatic carbocycles. The van der Waals surface area contributed by atoms with E-state index in [4.69, 9.17) is 39.8 Å². The highest BCUT2D eigenvalue weighted by Gasteiger charge is 2.51. The summed E-state index contributed by atoms with van der Waals surface area (Å²) in [6.07, 6.45) is 7.36. The van der Waals surface area contributed by atoms with Gasteiger partial charge >= 0.3 is 0 Å². The zero-order valence-corrected chi connectivity index (χ0v) is 29.6. The van der Waals surface area contributed by atoms with Crippen LogP contribution in [0.1, 0.15) is 95.6 Å². The molecule has 2 amide bonds. The van der Waals surface area contributed by atoms with Gasteiger partial charge in [-0.15, -0.1) is 0 Å². The highest BCUT2D eigenvalue weighted by molar-refractivity contribution is 6.47. The Morgan fingerprint density at radius 3 is 2.37 bits per heavy atom. The molecule has 1 fully saturated rings. The highest BCUT2D eigenvalue weighted by Crippen LogP contribution is 2.43. The fourth-order valence-corrected chi connectivity index (χ4v) is 5.44. The van der Waals surface area contributed by atoms with E-state index in [0.29, 0.717) is 34.7 Å². The highest BCUT2D eigenvalue weighted by atomic mass is 35.5. The van der Waals surface area contributed by atoms with Crippen LogP contribution in [0.2, 0.25) is 0 Å². The van der Waals surface area contributed by atoms with Crippen LogP contribution in [0, 0.1) is 11.3 Å². The Hall–Kier alpha value is -3.18. The number of benzene rings is 1. The van der Waals surface area contributed by atoms with Gasteiger partial charge in [-0.1, -0.05) is 89.9 Å². The van der Waals surface area contributed by atoms with Crippen molar-refractivity contribution in [1.82, 2.24) is 21.1 Å². The maximum Gasteiger partial charge on any atom is 0.275 e. The van der Waals surface area contributed by atoms with E-state index in [1.54, 1.807) is 18.2 Å².